The van der Waals surface area contributed by atoms with Gasteiger partial charge in [-0.05, 0) is 49.6 Å². The molecule has 2 atom stereocenters. The van der Waals surface area contributed by atoms with Gasteiger partial charge < -0.3 is 9.47 Å². The molecule has 0 bridgehead atoms. The molecule has 0 aromatic heterocycles. The van der Waals surface area contributed by atoms with Crippen molar-refractivity contribution in [1.29, 1.82) is 0 Å². The standard InChI is InChI=1S/C22H29NO4S/c1-5-26-19-10-8-18(9-11-19)14-22-23(21(15-27-22)16(2)3)28(24,25)20-12-6-17(4)7-13-20/h6-13,16,21-22H,5,14-15H2,1-4H3/t21-,22+/m1/s1. The molecule has 1 aliphatic heterocycles. The second kappa shape index (κ2) is 8.64. The van der Waals surface area contributed by atoms with Crippen LogP contribution in [0.1, 0.15) is 31.9 Å². The Bertz CT molecular complexity index is 876. The molecule has 2 aromatic carbocycles. The molecule has 6 heteroatoms. The van der Waals surface area contributed by atoms with Gasteiger partial charge in [-0.1, -0.05) is 43.7 Å². The fraction of sp³-hybridized carbons (Fsp3) is 0.455. The smallest absolute Gasteiger partial charge is 0.245 e. The third-order valence-electron chi connectivity index (χ3n) is 5.08. The average Bonchev–Trinajstić information content (AvgIpc) is 3.09. The maximum atomic E-state index is 13.4. The molecular weight excluding hydrogens is 374 g/mol. The number of hydrogen-bond donors (Lipinski definition) is 0. The summed E-state index contributed by atoms with van der Waals surface area (Å²) in [5.41, 5.74) is 2.05. The number of nitrogens with zero attached hydrogens (tertiary/aromatic N) is 1. The molecule has 0 unspecified atom stereocenters. The molecule has 1 saturated heterocycles. The van der Waals surface area contributed by atoms with Crippen LogP contribution in [-0.2, 0) is 21.2 Å². The van der Waals surface area contributed by atoms with Crippen LogP contribution in [0.5, 0.6) is 5.75 Å². The number of rotatable bonds is 7. The molecule has 3 rings (SSSR count). The minimum absolute atomic E-state index is 0.158. The topological polar surface area (TPSA) is 55.8 Å². The summed E-state index contributed by atoms with van der Waals surface area (Å²) in [6.07, 6.45) is -0.0163. The van der Waals surface area contributed by atoms with E-state index in [1.165, 1.54) is 0 Å². The Hall–Kier alpha value is -1.89. The first-order chi connectivity index (χ1) is 13.3. The van der Waals surface area contributed by atoms with Crippen LogP contribution in [0.25, 0.3) is 0 Å². The van der Waals surface area contributed by atoms with Crippen LogP contribution in [0, 0.1) is 12.8 Å². The van der Waals surface area contributed by atoms with Gasteiger partial charge in [0.1, 0.15) is 12.0 Å². The minimum Gasteiger partial charge on any atom is -0.494 e. The molecule has 0 aliphatic carbocycles. The van der Waals surface area contributed by atoms with Gasteiger partial charge in [-0.25, -0.2) is 8.42 Å². The SMILES string of the molecule is CCOc1ccc(C[C@@H]2OC[C@H](C(C)C)N2S(=O)(=O)c2ccc(C)cc2)cc1. The van der Waals surface area contributed by atoms with Crippen molar-refractivity contribution in [3.63, 3.8) is 0 Å². The fourth-order valence-electron chi connectivity index (χ4n) is 3.46. The van der Waals surface area contributed by atoms with Crippen molar-refractivity contribution in [3.05, 3.63) is 59.7 Å². The summed E-state index contributed by atoms with van der Waals surface area (Å²) in [5, 5.41) is 0. The first kappa shape index (κ1) is 20.8. The number of sulfonamides is 1. The highest BCUT2D eigenvalue weighted by atomic mass is 32.2. The van der Waals surface area contributed by atoms with Crippen molar-refractivity contribution in [2.24, 2.45) is 5.92 Å². The number of benzene rings is 2. The maximum Gasteiger partial charge on any atom is 0.245 e. The van der Waals surface area contributed by atoms with E-state index in [-0.39, 0.29) is 12.0 Å². The summed E-state index contributed by atoms with van der Waals surface area (Å²) in [5.74, 6) is 0.966. The number of hydrogen-bond acceptors (Lipinski definition) is 4. The van der Waals surface area contributed by atoms with E-state index in [1.807, 2.05) is 64.1 Å². The summed E-state index contributed by atoms with van der Waals surface area (Å²) in [4.78, 5) is 0.311. The van der Waals surface area contributed by atoms with E-state index in [1.54, 1.807) is 16.4 Å². The molecule has 0 saturated carbocycles. The van der Waals surface area contributed by atoms with Gasteiger partial charge >= 0.3 is 0 Å². The third kappa shape index (κ3) is 4.40. The fourth-order valence-corrected chi connectivity index (χ4v) is 5.29. The van der Waals surface area contributed by atoms with Crippen molar-refractivity contribution in [2.45, 2.75) is 51.3 Å². The van der Waals surface area contributed by atoms with E-state index in [9.17, 15) is 8.42 Å². The predicted molar refractivity (Wildman–Crippen MR) is 110 cm³/mol. The zero-order valence-corrected chi connectivity index (χ0v) is 17.8. The highest BCUT2D eigenvalue weighted by Crippen LogP contribution is 2.32. The van der Waals surface area contributed by atoms with Crippen molar-refractivity contribution in [3.8, 4) is 5.75 Å². The Balaban J connectivity index is 1.88. The third-order valence-corrected chi connectivity index (χ3v) is 7.01. The second-order valence-corrected chi connectivity index (χ2v) is 9.37. The Kier molecular flexibility index (Phi) is 6.43. The van der Waals surface area contributed by atoms with Crippen LogP contribution in [0.4, 0.5) is 0 Å². The first-order valence-electron chi connectivity index (χ1n) is 9.76. The first-order valence-corrected chi connectivity index (χ1v) is 11.2. The van der Waals surface area contributed by atoms with Gasteiger partial charge in [0.25, 0.3) is 0 Å². The van der Waals surface area contributed by atoms with Crippen molar-refractivity contribution in [2.75, 3.05) is 13.2 Å². The lowest BCUT2D eigenvalue weighted by molar-refractivity contribution is 0.0687. The highest BCUT2D eigenvalue weighted by Gasteiger charge is 2.44. The Labute approximate surface area is 168 Å². The largest absolute Gasteiger partial charge is 0.494 e. The molecule has 28 heavy (non-hydrogen) atoms. The van der Waals surface area contributed by atoms with Crippen LogP contribution >= 0.6 is 0 Å². The van der Waals surface area contributed by atoms with Crippen LogP contribution in [0.15, 0.2) is 53.4 Å². The van der Waals surface area contributed by atoms with Crippen LogP contribution in [-0.4, -0.2) is 38.2 Å². The van der Waals surface area contributed by atoms with E-state index < -0.39 is 16.3 Å². The van der Waals surface area contributed by atoms with Crippen LogP contribution in [0.2, 0.25) is 0 Å². The zero-order valence-electron chi connectivity index (χ0n) is 17.0. The molecule has 5 nitrogen and oxygen atoms in total. The van der Waals surface area contributed by atoms with Crippen LogP contribution in [0.3, 0.4) is 0 Å². The van der Waals surface area contributed by atoms with Gasteiger partial charge in [0.15, 0.2) is 0 Å². The van der Waals surface area contributed by atoms with Gasteiger partial charge in [0.2, 0.25) is 10.0 Å². The average molecular weight is 404 g/mol. The summed E-state index contributed by atoms with van der Waals surface area (Å²) in [6.45, 7) is 8.98. The van der Waals surface area contributed by atoms with E-state index in [4.69, 9.17) is 9.47 Å². The molecule has 1 heterocycles. The van der Waals surface area contributed by atoms with Crippen LogP contribution < -0.4 is 4.74 Å². The Morgan fingerprint density at radius 1 is 1.11 bits per heavy atom. The zero-order chi connectivity index (χ0) is 20.3. The lowest BCUT2D eigenvalue weighted by Gasteiger charge is -2.29. The van der Waals surface area contributed by atoms with Crippen molar-refractivity contribution in [1.82, 2.24) is 4.31 Å². The quantitative estimate of drug-likeness (QED) is 0.701. The second-order valence-electron chi connectivity index (χ2n) is 7.53. The van der Waals surface area contributed by atoms with Gasteiger partial charge in [0, 0.05) is 6.42 Å². The van der Waals surface area contributed by atoms with E-state index >= 15 is 0 Å². The van der Waals surface area contributed by atoms with Gasteiger partial charge in [-0.2, -0.15) is 4.31 Å². The predicted octanol–water partition coefficient (Wildman–Crippen LogP) is 4.01. The molecule has 152 valence electrons. The molecule has 0 amide bonds. The summed E-state index contributed by atoms with van der Waals surface area (Å²) >= 11 is 0. The lowest BCUT2D eigenvalue weighted by atomic mass is 10.1. The molecule has 0 spiro atoms. The number of aryl methyl sites for hydroxylation is 1. The molecule has 1 fully saturated rings. The van der Waals surface area contributed by atoms with Gasteiger partial charge in [0.05, 0.1) is 24.2 Å². The summed E-state index contributed by atoms with van der Waals surface area (Å²) < 4.78 is 39.9. The Morgan fingerprint density at radius 3 is 2.32 bits per heavy atom. The molecular formula is C22H29NO4S. The molecule has 2 aromatic rings. The summed E-state index contributed by atoms with van der Waals surface area (Å²) in [7, 11) is -3.65. The van der Waals surface area contributed by atoms with Gasteiger partial charge in [-0.3, -0.25) is 0 Å². The lowest BCUT2D eigenvalue weighted by Crippen LogP contribution is -2.45. The van der Waals surface area contributed by atoms with Crippen molar-refractivity contribution < 1.29 is 17.9 Å². The highest BCUT2D eigenvalue weighted by molar-refractivity contribution is 7.89. The molecule has 1 aliphatic rings. The molecule has 0 radical (unpaired) electrons. The maximum absolute atomic E-state index is 13.4. The van der Waals surface area contributed by atoms with E-state index in [0.29, 0.717) is 24.5 Å². The normalized spacial score (nSPS) is 20.6. The molecule has 0 N–H and O–H groups in total. The van der Waals surface area contributed by atoms with E-state index in [0.717, 1.165) is 16.9 Å². The summed E-state index contributed by atoms with van der Waals surface area (Å²) in [6, 6.07) is 14.6. The van der Waals surface area contributed by atoms with Crippen molar-refractivity contribution >= 4 is 10.0 Å². The minimum atomic E-state index is -3.65. The Morgan fingerprint density at radius 2 is 1.75 bits per heavy atom. The monoisotopic (exact) mass is 403 g/mol. The number of ether oxygens (including phenoxy) is 2. The van der Waals surface area contributed by atoms with Gasteiger partial charge in [-0.15, -0.1) is 0 Å². The van der Waals surface area contributed by atoms with E-state index in [2.05, 4.69) is 0 Å².